The summed E-state index contributed by atoms with van der Waals surface area (Å²) in [6, 6.07) is 5.44. The van der Waals surface area contributed by atoms with Crippen molar-refractivity contribution in [3.05, 3.63) is 57.6 Å². The number of nitrogens with one attached hydrogen (secondary N) is 4. The van der Waals surface area contributed by atoms with E-state index in [9.17, 15) is 33.6 Å². The van der Waals surface area contributed by atoms with E-state index >= 15 is 0 Å². The number of anilines is 1. The summed E-state index contributed by atoms with van der Waals surface area (Å²) < 4.78 is 0. The lowest BCUT2D eigenvalue weighted by molar-refractivity contribution is -0.134. The highest BCUT2D eigenvalue weighted by molar-refractivity contribution is 7.80. The van der Waals surface area contributed by atoms with Gasteiger partial charge in [-0.15, -0.1) is 12.3 Å². The molecule has 6 N–H and O–H groups in total. The number of nitrogens with two attached hydrogens (primary N) is 1. The molecule has 4 atom stereocenters. The predicted molar refractivity (Wildman–Crippen MR) is 206 cm³/mol. The van der Waals surface area contributed by atoms with E-state index in [1.807, 2.05) is 12.1 Å². The molecular weight excluding hydrogens is 713 g/mol. The van der Waals surface area contributed by atoms with Crippen molar-refractivity contribution < 1.29 is 28.8 Å². The Hall–Kier alpha value is -5.43. The minimum absolute atomic E-state index is 0.0276. The number of carbonyl (C=O) groups excluding carboxylic acids is 6. The fraction of sp³-hybridized carbons (Fsp3) is 0.474. The number of carbonyl (C=O) groups is 6. The SMILES string of the molecule is C#CC[C@H](CC(=O)[C@H](C)NC(=O)CCCCC(=O)c1ccc(CCc2cnc3nc(N)[nH]c(=O)c3n2)cc1)C(=O)N[C@@H](C)C(=O)C[C@@H](C)C(=O)NCCS. The van der Waals surface area contributed by atoms with Crippen LogP contribution in [0, 0.1) is 24.2 Å². The van der Waals surface area contributed by atoms with Crippen LogP contribution < -0.4 is 27.2 Å². The summed E-state index contributed by atoms with van der Waals surface area (Å²) >= 11 is 4.04. The number of thiol groups is 1. The quantitative estimate of drug-likeness (QED) is 0.0375. The van der Waals surface area contributed by atoms with Gasteiger partial charge in [0.1, 0.15) is 0 Å². The molecular formula is C38H48N8O7S. The Balaban J connectivity index is 1.38. The first-order chi connectivity index (χ1) is 25.7. The van der Waals surface area contributed by atoms with Crippen LogP contribution in [0.1, 0.15) is 87.3 Å². The molecule has 1 aromatic carbocycles. The van der Waals surface area contributed by atoms with E-state index in [-0.39, 0.29) is 72.6 Å². The Morgan fingerprint density at radius 1 is 0.907 bits per heavy atom. The van der Waals surface area contributed by atoms with Gasteiger partial charge >= 0.3 is 0 Å². The van der Waals surface area contributed by atoms with Crippen LogP contribution in [-0.4, -0.2) is 79.4 Å². The highest BCUT2D eigenvalue weighted by Crippen LogP contribution is 2.15. The molecule has 0 saturated heterocycles. The number of nitrogen functional groups attached to an aromatic ring is 1. The van der Waals surface area contributed by atoms with Crippen molar-refractivity contribution in [3.8, 4) is 12.3 Å². The van der Waals surface area contributed by atoms with Gasteiger partial charge in [0.15, 0.2) is 28.5 Å². The number of hydrogen-bond donors (Lipinski definition) is 6. The Morgan fingerprint density at radius 2 is 1.57 bits per heavy atom. The number of aromatic nitrogens is 4. The number of rotatable bonds is 22. The summed E-state index contributed by atoms with van der Waals surface area (Å²) in [5.41, 5.74) is 7.53. The Kier molecular flexibility index (Phi) is 17.0. The van der Waals surface area contributed by atoms with Crippen molar-refractivity contribution in [1.29, 1.82) is 0 Å². The summed E-state index contributed by atoms with van der Waals surface area (Å²) in [6.07, 6.45) is 9.03. The third kappa shape index (κ3) is 13.5. The highest BCUT2D eigenvalue weighted by Gasteiger charge is 2.28. The van der Waals surface area contributed by atoms with Crippen LogP contribution in [0.25, 0.3) is 11.2 Å². The van der Waals surface area contributed by atoms with Crippen molar-refractivity contribution in [3.63, 3.8) is 0 Å². The second-order valence-electron chi connectivity index (χ2n) is 13.2. The van der Waals surface area contributed by atoms with Gasteiger partial charge in [0.25, 0.3) is 5.56 Å². The molecule has 0 fully saturated rings. The molecule has 2 heterocycles. The van der Waals surface area contributed by atoms with E-state index in [0.29, 0.717) is 49.2 Å². The molecule has 288 valence electrons. The van der Waals surface area contributed by atoms with Crippen molar-refractivity contribution in [2.75, 3.05) is 18.0 Å². The van der Waals surface area contributed by atoms with Crippen molar-refractivity contribution >= 4 is 64.8 Å². The van der Waals surface area contributed by atoms with Crippen LogP contribution >= 0.6 is 12.6 Å². The van der Waals surface area contributed by atoms with Crippen LogP contribution in [0.15, 0.2) is 35.3 Å². The smallest absolute Gasteiger partial charge is 0.280 e. The zero-order chi connectivity index (χ0) is 39.8. The molecule has 2 aromatic heterocycles. The molecule has 0 bridgehead atoms. The third-order valence-corrected chi connectivity index (χ3v) is 8.96. The van der Waals surface area contributed by atoms with Gasteiger partial charge in [0, 0.05) is 55.9 Å². The predicted octanol–water partition coefficient (Wildman–Crippen LogP) is 2.07. The Morgan fingerprint density at radius 3 is 2.26 bits per heavy atom. The Labute approximate surface area is 319 Å². The number of aryl methyl sites for hydroxylation is 2. The number of amides is 3. The zero-order valence-electron chi connectivity index (χ0n) is 30.8. The van der Waals surface area contributed by atoms with E-state index in [0.717, 1.165) is 5.56 Å². The van der Waals surface area contributed by atoms with Gasteiger partial charge in [-0.2, -0.15) is 17.6 Å². The second kappa shape index (κ2) is 21.3. The lowest BCUT2D eigenvalue weighted by Gasteiger charge is -2.20. The highest BCUT2D eigenvalue weighted by atomic mass is 32.1. The number of fused-ring (bicyclic) bond motifs is 1. The van der Waals surface area contributed by atoms with Gasteiger partial charge in [-0.3, -0.25) is 38.5 Å². The number of hydrogen-bond acceptors (Lipinski definition) is 12. The topological polar surface area (TPSA) is 236 Å². The maximum atomic E-state index is 12.9. The van der Waals surface area contributed by atoms with Gasteiger partial charge in [-0.1, -0.05) is 31.2 Å². The summed E-state index contributed by atoms with van der Waals surface area (Å²) in [7, 11) is 0. The number of H-pyrrole nitrogens is 1. The zero-order valence-corrected chi connectivity index (χ0v) is 31.7. The second-order valence-corrected chi connectivity index (χ2v) is 13.6. The average Bonchev–Trinajstić information content (AvgIpc) is 3.14. The number of unbranched alkanes of at least 4 members (excludes halogenated alkanes) is 1. The molecule has 16 heteroatoms. The fourth-order valence-electron chi connectivity index (χ4n) is 5.49. The molecule has 54 heavy (non-hydrogen) atoms. The maximum absolute atomic E-state index is 12.9. The molecule has 3 rings (SSSR count). The number of aromatic amines is 1. The summed E-state index contributed by atoms with van der Waals surface area (Å²) in [5, 5.41) is 7.91. The molecule has 15 nitrogen and oxygen atoms in total. The maximum Gasteiger partial charge on any atom is 0.280 e. The van der Waals surface area contributed by atoms with Crippen LogP contribution in [0.3, 0.4) is 0 Å². The summed E-state index contributed by atoms with van der Waals surface area (Å²) in [5.74, 6) is -0.669. The fourth-order valence-corrected chi connectivity index (χ4v) is 5.60. The van der Waals surface area contributed by atoms with Crippen molar-refractivity contribution in [1.82, 2.24) is 35.9 Å². The molecule has 0 spiro atoms. The Bertz CT molecular complexity index is 1930. The average molecular weight is 761 g/mol. The summed E-state index contributed by atoms with van der Waals surface area (Å²) in [4.78, 5) is 103. The lowest BCUT2D eigenvalue weighted by Crippen LogP contribution is -2.45. The molecule has 3 amide bonds. The number of terminal acetylenes is 1. The first-order valence-electron chi connectivity index (χ1n) is 17.8. The molecule has 0 aliphatic carbocycles. The molecule has 0 saturated carbocycles. The number of Topliss-reactive ketones (excluding diaryl/α,β-unsaturated/α-hetero) is 3. The van der Waals surface area contributed by atoms with Gasteiger partial charge in [-0.25, -0.2) is 9.97 Å². The third-order valence-electron chi connectivity index (χ3n) is 8.74. The monoisotopic (exact) mass is 760 g/mol. The van der Waals surface area contributed by atoms with Gasteiger partial charge in [-0.05, 0) is 45.1 Å². The van der Waals surface area contributed by atoms with Gasteiger partial charge in [0.05, 0.1) is 29.9 Å². The molecule has 0 radical (unpaired) electrons. The minimum atomic E-state index is -0.905. The molecule has 0 aliphatic heterocycles. The van der Waals surface area contributed by atoms with Crippen LogP contribution in [0.2, 0.25) is 0 Å². The van der Waals surface area contributed by atoms with Crippen LogP contribution in [-0.2, 0) is 36.8 Å². The normalized spacial score (nSPS) is 13.2. The molecule has 0 aliphatic rings. The standard InChI is InChI=1S/C38H48N8O7S/c1-5-8-27(36(52)43-24(4)30(48)19-22(2)35(51)40-17-18-54)20-31(49)23(3)42-32(50)10-7-6-9-29(47)26-14-11-25(12-15-26)13-16-28-21-41-34-33(44-28)37(53)46-38(39)45-34/h1,11-12,14-15,21-24,27,54H,6-10,13,16-20H2,2-4H3,(H,40,51)(H,42,50)(H,43,52)(H3,39,41,45,46,53)/t22-,23+,24+,27-/m1/s1. The first kappa shape index (κ1) is 43.0. The van der Waals surface area contributed by atoms with E-state index < -0.39 is 41.2 Å². The van der Waals surface area contributed by atoms with Crippen LogP contribution in [0.5, 0.6) is 0 Å². The van der Waals surface area contributed by atoms with Crippen LogP contribution in [0.4, 0.5) is 5.95 Å². The number of ketones is 3. The lowest BCUT2D eigenvalue weighted by atomic mass is 9.94. The van der Waals surface area contributed by atoms with E-state index in [4.69, 9.17) is 12.2 Å². The number of nitrogens with zero attached hydrogens (tertiary/aromatic N) is 3. The largest absolute Gasteiger partial charge is 0.369 e. The number of benzene rings is 1. The first-order valence-corrected chi connectivity index (χ1v) is 18.5. The van der Waals surface area contributed by atoms with Gasteiger partial charge < -0.3 is 21.7 Å². The van der Waals surface area contributed by atoms with Crippen molar-refractivity contribution in [2.24, 2.45) is 11.8 Å². The summed E-state index contributed by atoms with van der Waals surface area (Å²) in [6.45, 7) is 5.02. The van der Waals surface area contributed by atoms with Gasteiger partial charge in [0.2, 0.25) is 23.7 Å². The van der Waals surface area contributed by atoms with E-state index in [1.165, 1.54) is 13.8 Å². The molecule has 0 unspecified atom stereocenters. The minimum Gasteiger partial charge on any atom is -0.369 e. The van der Waals surface area contributed by atoms with E-state index in [1.54, 1.807) is 25.3 Å². The molecule has 3 aromatic rings. The van der Waals surface area contributed by atoms with E-state index in [2.05, 4.69) is 54.4 Å². The van der Waals surface area contributed by atoms with Crippen molar-refractivity contribution in [2.45, 2.75) is 90.6 Å².